The van der Waals surface area contributed by atoms with Crippen LogP contribution in [0.5, 0.6) is 46.0 Å². The molecule has 22 heteroatoms. The lowest BCUT2D eigenvalue weighted by Gasteiger charge is -2.22. The third kappa shape index (κ3) is 20.6. The highest BCUT2D eigenvalue weighted by molar-refractivity contribution is 6.41. The van der Waals surface area contributed by atoms with Gasteiger partial charge in [-0.15, -0.1) is 0 Å². The van der Waals surface area contributed by atoms with Crippen LogP contribution in [-0.4, -0.2) is 113 Å². The van der Waals surface area contributed by atoms with E-state index in [4.69, 9.17) is 84.3 Å². The lowest BCUT2D eigenvalue weighted by molar-refractivity contribution is 0.0985. The molecule has 4 aromatic carbocycles. The summed E-state index contributed by atoms with van der Waals surface area (Å²) >= 11 is 24.4. The van der Waals surface area contributed by atoms with Crippen molar-refractivity contribution in [3.05, 3.63) is 189 Å². The summed E-state index contributed by atoms with van der Waals surface area (Å²) in [7, 11) is 14.0. The first-order chi connectivity index (χ1) is 47.0. The van der Waals surface area contributed by atoms with Gasteiger partial charge >= 0.3 is 0 Å². The fraction of sp³-hybridized carbons (Fsp3) is 0.387. The fourth-order valence-electron chi connectivity index (χ4n) is 11.5. The van der Waals surface area contributed by atoms with Crippen molar-refractivity contribution in [3.8, 4) is 46.0 Å². The quantitative estimate of drug-likeness (QED) is 0.0591. The summed E-state index contributed by atoms with van der Waals surface area (Å²) < 4.78 is 45.9. The number of methoxy groups -OCH3 is 4. The molecule has 0 aliphatic heterocycles. The molecule has 0 spiro atoms. The van der Waals surface area contributed by atoms with E-state index in [1.54, 1.807) is 85.1 Å². The predicted molar refractivity (Wildman–Crippen MR) is 386 cm³/mol. The van der Waals surface area contributed by atoms with E-state index in [-0.39, 0.29) is 49.1 Å². The number of benzene rings is 4. The lowest BCUT2D eigenvalue weighted by Crippen LogP contribution is -2.27. The molecule has 4 aliphatic carbocycles. The molecule has 12 rings (SSSR count). The molecule has 4 aromatic heterocycles. The highest BCUT2D eigenvalue weighted by Crippen LogP contribution is 2.40. The van der Waals surface area contributed by atoms with E-state index in [9.17, 15) is 9.59 Å². The predicted octanol–water partition coefficient (Wildman–Crippen LogP) is 17.6. The van der Waals surface area contributed by atoms with E-state index in [1.807, 2.05) is 48.9 Å². The van der Waals surface area contributed by atoms with Gasteiger partial charge in [-0.2, -0.15) is 0 Å². The lowest BCUT2D eigenvalue weighted by atomic mass is 10.2. The number of ether oxygens (including phenoxy) is 8. The van der Waals surface area contributed by atoms with Crippen molar-refractivity contribution in [2.75, 3.05) is 82.8 Å². The van der Waals surface area contributed by atoms with Gasteiger partial charge in [-0.3, -0.25) is 29.5 Å². The van der Waals surface area contributed by atoms with Crippen LogP contribution in [0.2, 0.25) is 20.1 Å². The largest absolute Gasteiger partial charge is 0.493 e. The van der Waals surface area contributed by atoms with Gasteiger partial charge in [0.2, 0.25) is 0 Å². The molecule has 0 bridgehead atoms. The average molecular weight is 1400 g/mol. The Morgan fingerprint density at radius 2 is 0.763 bits per heavy atom. The summed E-state index contributed by atoms with van der Waals surface area (Å²) in [6, 6.07) is 31.1. The Morgan fingerprint density at radius 3 is 1.13 bits per heavy atom. The van der Waals surface area contributed by atoms with Crippen molar-refractivity contribution in [1.29, 1.82) is 0 Å². The zero-order valence-electron chi connectivity index (χ0n) is 56.4. The van der Waals surface area contributed by atoms with Crippen LogP contribution in [0, 0.1) is 5.92 Å². The Labute approximate surface area is 590 Å². The molecule has 4 fully saturated rings. The van der Waals surface area contributed by atoms with Gasteiger partial charge < -0.3 is 57.5 Å². The van der Waals surface area contributed by atoms with E-state index in [0.717, 1.165) is 86.0 Å². The summed E-state index contributed by atoms with van der Waals surface area (Å²) in [6.45, 7) is 2.29. The maximum Gasteiger partial charge on any atom is 0.261 e. The van der Waals surface area contributed by atoms with Crippen molar-refractivity contribution < 1.29 is 47.5 Å². The Hall–Kier alpha value is -8.42. The highest BCUT2D eigenvalue weighted by Gasteiger charge is 2.27. The number of amides is 2. The monoisotopic (exact) mass is 1400 g/mol. The Bertz CT molecular complexity index is 3690. The molecular formula is C75H86Cl4N8O10. The van der Waals surface area contributed by atoms with Gasteiger partial charge in [-0.25, -0.2) is 0 Å². The van der Waals surface area contributed by atoms with E-state index >= 15 is 0 Å². The maximum atomic E-state index is 12.9. The molecule has 0 radical (unpaired) electrons. The van der Waals surface area contributed by atoms with Crippen LogP contribution in [0.4, 0.5) is 22.7 Å². The van der Waals surface area contributed by atoms with Gasteiger partial charge in [0, 0.05) is 138 Å². The summed E-state index contributed by atoms with van der Waals surface area (Å²) in [5, 5.41) is 0.849. The van der Waals surface area contributed by atoms with E-state index < -0.39 is 0 Å². The third-order valence-electron chi connectivity index (χ3n) is 17.3. The van der Waals surface area contributed by atoms with E-state index in [0.29, 0.717) is 59.1 Å². The van der Waals surface area contributed by atoms with E-state index in [2.05, 4.69) is 74.2 Å². The van der Waals surface area contributed by atoms with Crippen LogP contribution in [0.1, 0.15) is 122 Å². The Balaban J connectivity index is 0.000000152. The number of nitrogens with zero attached hydrogens (tertiary/aromatic N) is 8. The number of halogens is 4. The number of anilines is 4. The standard InChI is InChI=1S/C19H20Cl2N2O3.2C19H24N2O2.C18H18Cl2N2O3/c1-23(19(24)18-14(20)10-22-11-15(18)21)12-7-8-16(25-2)17(9-12)26-13-5-3-4-6-13;1-21(14-15-6-5-11-20-13-15)16-9-10-18(22-2)19(12-16)23-17-7-3-4-8-17;1-21(14-15-9-11-20-12-10-15)16-7-8-18(22-2)19(13-16)23-17-5-3-4-6-17;1-22(18(23)17-13(19)8-21-9-14(17)20)12-5-6-15(24-2)16(7-12)25-10-11-3-4-11/h7-11,13H,3-6H2,1-2H3;5-6,9-13,17H,3-4,7-8,14H2,1-2H3;7-13,17H,3-6,14H2,1-2H3;5-9,11H,3-4,10H2,1-2H3. The topological polar surface area (TPSA) is 172 Å². The van der Waals surface area contributed by atoms with Crippen molar-refractivity contribution in [2.24, 2.45) is 5.92 Å². The minimum absolute atomic E-state index is 0.184. The first-order valence-electron chi connectivity index (χ1n) is 32.7. The number of carbonyl (C=O) groups excluding carboxylic acids is 2. The SMILES string of the molecule is COc1ccc(N(C)C(=O)c2c(Cl)cncc2Cl)cc1OC1CCCC1.COc1ccc(N(C)C(=O)c2c(Cl)cncc2Cl)cc1OCC1CC1.COc1ccc(N(C)Cc2cccnc2)cc1OC1CCCC1.COc1ccc(N(C)Cc2ccncc2)cc1OC1CCCC1. The van der Waals surface area contributed by atoms with Gasteiger partial charge in [0.15, 0.2) is 46.0 Å². The Morgan fingerprint density at radius 1 is 0.402 bits per heavy atom. The van der Waals surface area contributed by atoms with E-state index in [1.165, 1.54) is 97.1 Å². The van der Waals surface area contributed by atoms with Crippen molar-refractivity contribution in [2.45, 2.75) is 121 Å². The zero-order chi connectivity index (χ0) is 68.8. The first kappa shape index (κ1) is 72.8. The highest BCUT2D eigenvalue weighted by atomic mass is 35.5. The molecule has 18 nitrogen and oxygen atoms in total. The molecule has 4 aliphatic rings. The molecule has 0 atom stereocenters. The van der Waals surface area contributed by atoms with Gasteiger partial charge in [-0.1, -0.05) is 52.5 Å². The molecule has 97 heavy (non-hydrogen) atoms. The number of hydrogen-bond donors (Lipinski definition) is 0. The zero-order valence-corrected chi connectivity index (χ0v) is 59.4. The second-order valence-corrected chi connectivity index (χ2v) is 25.9. The van der Waals surface area contributed by atoms with Crippen LogP contribution in [0.25, 0.3) is 0 Å². The number of pyridine rings is 4. The van der Waals surface area contributed by atoms with Gasteiger partial charge in [0.05, 0.1) is 84.6 Å². The van der Waals surface area contributed by atoms with Crippen LogP contribution >= 0.6 is 46.4 Å². The van der Waals surface area contributed by atoms with Crippen molar-refractivity contribution in [3.63, 3.8) is 0 Å². The second kappa shape index (κ2) is 36.2. The molecule has 4 saturated carbocycles. The average Bonchev–Trinajstić information content (AvgIpc) is 1.04. The number of aromatic nitrogens is 4. The molecular weight excluding hydrogens is 1310 g/mol. The summed E-state index contributed by atoms with van der Waals surface area (Å²) in [4.78, 5) is 49.0. The van der Waals surface area contributed by atoms with Crippen molar-refractivity contribution in [1.82, 2.24) is 19.9 Å². The minimum atomic E-state index is -0.323. The summed E-state index contributed by atoms with van der Waals surface area (Å²) in [5.74, 6) is 5.77. The molecule has 8 aromatic rings. The third-order valence-corrected chi connectivity index (χ3v) is 18.4. The molecule has 0 unspecified atom stereocenters. The van der Waals surface area contributed by atoms with Crippen LogP contribution in [0.15, 0.2) is 147 Å². The van der Waals surface area contributed by atoms with Crippen LogP contribution < -0.4 is 57.5 Å². The molecule has 2 amide bonds. The fourth-order valence-corrected chi connectivity index (χ4v) is 12.6. The maximum absolute atomic E-state index is 12.9. The smallest absolute Gasteiger partial charge is 0.261 e. The normalized spacial score (nSPS) is 14.3. The molecule has 514 valence electrons. The van der Waals surface area contributed by atoms with Gasteiger partial charge in [-0.05, 0) is 174 Å². The second-order valence-electron chi connectivity index (χ2n) is 24.3. The number of rotatable bonds is 23. The minimum Gasteiger partial charge on any atom is -0.493 e. The van der Waals surface area contributed by atoms with Gasteiger partial charge in [0.25, 0.3) is 11.8 Å². The Kier molecular flexibility index (Phi) is 27.2. The number of hydrogen-bond acceptors (Lipinski definition) is 16. The van der Waals surface area contributed by atoms with Crippen LogP contribution in [-0.2, 0) is 13.1 Å². The molecule has 4 heterocycles. The van der Waals surface area contributed by atoms with Gasteiger partial charge in [0.1, 0.15) is 0 Å². The molecule has 0 saturated heterocycles. The summed E-state index contributed by atoms with van der Waals surface area (Å²) in [5.41, 5.74) is 6.41. The molecule has 0 N–H and O–H groups in total. The first-order valence-corrected chi connectivity index (χ1v) is 34.2. The van der Waals surface area contributed by atoms with Crippen molar-refractivity contribution >= 4 is 81.0 Å². The van der Waals surface area contributed by atoms with Crippen LogP contribution in [0.3, 0.4) is 0 Å². The number of carbonyl (C=O) groups is 2. The summed E-state index contributed by atoms with van der Waals surface area (Å²) in [6.07, 6.45) is 30.1.